The van der Waals surface area contributed by atoms with Crippen LogP contribution in [0.3, 0.4) is 0 Å². The Bertz CT molecular complexity index is 1450. The molecule has 36 heavy (non-hydrogen) atoms. The Morgan fingerprint density at radius 3 is 2.61 bits per heavy atom. The van der Waals surface area contributed by atoms with Gasteiger partial charge < -0.3 is 9.72 Å². The van der Waals surface area contributed by atoms with Gasteiger partial charge in [-0.3, -0.25) is 19.7 Å². The van der Waals surface area contributed by atoms with Crippen LogP contribution < -0.4 is 10.3 Å². The number of nitrogens with zero attached hydrogens (tertiary/aromatic N) is 3. The Kier molecular flexibility index (Phi) is 6.17. The molecular formula is C25H19F5N4O2. The molecule has 1 N–H and O–H groups in total. The third-order valence-corrected chi connectivity index (χ3v) is 6.09. The molecule has 2 atom stereocenters. The Labute approximate surface area is 201 Å². The number of hydrogen-bond donors (Lipinski definition) is 1. The maximum absolute atomic E-state index is 14.3. The van der Waals surface area contributed by atoms with Crippen molar-refractivity contribution in [1.29, 1.82) is 0 Å². The molecule has 1 saturated heterocycles. The van der Waals surface area contributed by atoms with E-state index in [0.717, 1.165) is 12.1 Å². The van der Waals surface area contributed by atoms with Gasteiger partial charge in [0.15, 0.2) is 11.6 Å². The Balaban J connectivity index is 1.46. The fourth-order valence-electron chi connectivity index (χ4n) is 4.52. The first-order valence-corrected chi connectivity index (χ1v) is 11.1. The standard InChI is InChI=1S/C25H19F5N4O2/c26-16-4-5-22(18(27)9-16)36-17-8-15-12-31-20(10-19(15)32-13-17)24(25(28,29)30)34-7-1-2-21(34)14-3-6-23(35)33-11-14/h3-6,8-13,21,24H,1-2,7H2,(H,33,35). The lowest BCUT2D eigenvalue weighted by molar-refractivity contribution is -0.190. The van der Waals surface area contributed by atoms with Gasteiger partial charge in [-0.25, -0.2) is 8.78 Å². The molecule has 0 spiro atoms. The molecule has 1 aromatic carbocycles. The molecule has 0 aliphatic carbocycles. The number of halogens is 5. The molecule has 1 fully saturated rings. The van der Waals surface area contributed by atoms with Crippen LogP contribution in [0, 0.1) is 11.6 Å². The summed E-state index contributed by atoms with van der Waals surface area (Å²) in [4.78, 5) is 23.5. The van der Waals surface area contributed by atoms with Gasteiger partial charge in [-0.15, -0.1) is 0 Å². The zero-order valence-corrected chi connectivity index (χ0v) is 18.6. The summed E-state index contributed by atoms with van der Waals surface area (Å²) in [5.41, 5.74) is 0.302. The number of H-pyrrole nitrogens is 1. The number of aromatic amines is 1. The van der Waals surface area contributed by atoms with Gasteiger partial charge >= 0.3 is 6.18 Å². The van der Waals surface area contributed by atoms with Crippen LogP contribution >= 0.6 is 0 Å². The lowest BCUT2D eigenvalue weighted by Crippen LogP contribution is -2.38. The van der Waals surface area contributed by atoms with Gasteiger partial charge in [0.05, 0.1) is 17.4 Å². The smallest absolute Gasteiger partial charge is 0.409 e. The number of alkyl halides is 3. The molecule has 3 aromatic heterocycles. The topological polar surface area (TPSA) is 71.1 Å². The second-order valence-electron chi connectivity index (χ2n) is 8.48. The van der Waals surface area contributed by atoms with Crippen molar-refractivity contribution in [2.75, 3.05) is 6.54 Å². The van der Waals surface area contributed by atoms with E-state index in [1.807, 2.05) is 0 Å². The maximum atomic E-state index is 14.3. The van der Waals surface area contributed by atoms with Crippen LogP contribution in [0.2, 0.25) is 0 Å². The van der Waals surface area contributed by atoms with Crippen LogP contribution in [0.15, 0.2) is 65.8 Å². The van der Waals surface area contributed by atoms with Crippen molar-refractivity contribution in [1.82, 2.24) is 19.9 Å². The van der Waals surface area contributed by atoms with Crippen LogP contribution in [0.4, 0.5) is 22.0 Å². The number of pyridine rings is 3. The van der Waals surface area contributed by atoms with Crippen LogP contribution in [0.1, 0.15) is 36.2 Å². The molecule has 0 radical (unpaired) electrons. The maximum Gasteiger partial charge on any atom is 0.409 e. The molecule has 0 bridgehead atoms. The number of benzene rings is 1. The van der Waals surface area contributed by atoms with Gasteiger partial charge in [0.25, 0.3) is 0 Å². The Morgan fingerprint density at radius 1 is 1.06 bits per heavy atom. The molecule has 0 amide bonds. The SMILES string of the molecule is O=c1ccc(C2CCCN2C(c2cc3ncc(Oc4ccc(F)cc4F)cc3cn2)C(F)(F)F)c[nH]1. The summed E-state index contributed by atoms with van der Waals surface area (Å²) in [6, 6.07) is 5.89. The lowest BCUT2D eigenvalue weighted by atomic mass is 10.0. The minimum atomic E-state index is -4.62. The van der Waals surface area contributed by atoms with Crippen molar-refractivity contribution in [3.05, 3.63) is 94.3 Å². The number of aromatic nitrogens is 3. The number of fused-ring (bicyclic) bond motifs is 1. The van der Waals surface area contributed by atoms with E-state index in [1.54, 1.807) is 0 Å². The molecule has 186 valence electrons. The molecule has 5 rings (SSSR count). The van der Waals surface area contributed by atoms with E-state index in [1.165, 1.54) is 47.8 Å². The fraction of sp³-hybridized carbons (Fsp3) is 0.240. The molecule has 1 aliphatic rings. The number of likely N-dealkylation sites (tertiary alicyclic amines) is 1. The number of hydrogen-bond acceptors (Lipinski definition) is 5. The second kappa shape index (κ2) is 9.30. The van der Waals surface area contributed by atoms with Gasteiger partial charge in [0, 0.05) is 36.0 Å². The highest BCUT2D eigenvalue weighted by atomic mass is 19.4. The third-order valence-electron chi connectivity index (χ3n) is 6.09. The minimum absolute atomic E-state index is 0.118. The summed E-state index contributed by atoms with van der Waals surface area (Å²) in [5.74, 6) is -1.76. The van der Waals surface area contributed by atoms with Crippen molar-refractivity contribution < 1.29 is 26.7 Å². The van der Waals surface area contributed by atoms with Crippen LogP contribution in [-0.4, -0.2) is 32.6 Å². The van der Waals surface area contributed by atoms with Crippen molar-refractivity contribution in [2.24, 2.45) is 0 Å². The predicted molar refractivity (Wildman–Crippen MR) is 121 cm³/mol. The number of rotatable bonds is 5. The van der Waals surface area contributed by atoms with Gasteiger partial charge in [-0.2, -0.15) is 13.2 Å². The number of ether oxygens (including phenoxy) is 1. The summed E-state index contributed by atoms with van der Waals surface area (Å²) in [5, 5.41) is 0.387. The van der Waals surface area contributed by atoms with Gasteiger partial charge in [0.1, 0.15) is 17.6 Å². The lowest BCUT2D eigenvalue weighted by Gasteiger charge is -2.34. The summed E-state index contributed by atoms with van der Waals surface area (Å²) in [7, 11) is 0. The molecule has 11 heteroatoms. The van der Waals surface area contributed by atoms with E-state index in [-0.39, 0.29) is 34.8 Å². The molecule has 6 nitrogen and oxygen atoms in total. The first-order valence-electron chi connectivity index (χ1n) is 11.1. The normalized spacial score (nSPS) is 17.4. The molecular weight excluding hydrogens is 483 g/mol. The Morgan fingerprint density at radius 2 is 1.89 bits per heavy atom. The zero-order chi connectivity index (χ0) is 25.4. The highest BCUT2D eigenvalue weighted by Crippen LogP contribution is 2.45. The van der Waals surface area contributed by atoms with E-state index in [9.17, 15) is 26.7 Å². The number of nitrogens with one attached hydrogen (secondary N) is 1. The highest BCUT2D eigenvalue weighted by molar-refractivity contribution is 5.79. The van der Waals surface area contributed by atoms with Crippen LogP contribution in [-0.2, 0) is 0 Å². The van der Waals surface area contributed by atoms with Crippen molar-refractivity contribution in [2.45, 2.75) is 31.1 Å². The summed E-state index contributed by atoms with van der Waals surface area (Å²) in [6.45, 7) is 0.205. The average molecular weight is 502 g/mol. The van der Waals surface area contributed by atoms with Crippen LogP contribution in [0.25, 0.3) is 10.9 Å². The van der Waals surface area contributed by atoms with Crippen molar-refractivity contribution in [3.63, 3.8) is 0 Å². The average Bonchev–Trinajstić information content (AvgIpc) is 3.29. The molecule has 4 heterocycles. The fourth-order valence-corrected chi connectivity index (χ4v) is 4.52. The summed E-state index contributed by atoms with van der Waals surface area (Å²) in [6.07, 6.45) is 0.397. The second-order valence-corrected chi connectivity index (χ2v) is 8.48. The van der Waals surface area contributed by atoms with Crippen molar-refractivity contribution >= 4 is 10.9 Å². The summed E-state index contributed by atoms with van der Waals surface area (Å²) >= 11 is 0. The molecule has 4 aromatic rings. The first-order chi connectivity index (χ1) is 17.2. The quantitative estimate of drug-likeness (QED) is 0.348. The van der Waals surface area contributed by atoms with Gasteiger partial charge in [-0.05, 0) is 49.2 Å². The summed E-state index contributed by atoms with van der Waals surface area (Å²) < 4.78 is 75.5. The monoisotopic (exact) mass is 502 g/mol. The van der Waals surface area contributed by atoms with Gasteiger partial charge in [0.2, 0.25) is 5.56 Å². The predicted octanol–water partition coefficient (Wildman–Crippen LogP) is 5.83. The molecule has 2 unspecified atom stereocenters. The largest absolute Gasteiger partial charge is 0.453 e. The van der Waals surface area contributed by atoms with E-state index in [4.69, 9.17) is 4.74 Å². The van der Waals surface area contributed by atoms with E-state index in [2.05, 4.69) is 15.0 Å². The van der Waals surface area contributed by atoms with Crippen molar-refractivity contribution in [3.8, 4) is 11.5 Å². The Hall–Kier alpha value is -3.86. The minimum Gasteiger partial charge on any atom is -0.453 e. The zero-order valence-electron chi connectivity index (χ0n) is 18.6. The highest BCUT2D eigenvalue weighted by Gasteiger charge is 2.49. The van der Waals surface area contributed by atoms with E-state index < -0.39 is 29.9 Å². The molecule has 0 saturated carbocycles. The third kappa shape index (κ3) is 4.78. The van der Waals surface area contributed by atoms with Crippen LogP contribution in [0.5, 0.6) is 11.5 Å². The molecule has 1 aliphatic heterocycles. The van der Waals surface area contributed by atoms with E-state index >= 15 is 0 Å². The first kappa shape index (κ1) is 23.9. The van der Waals surface area contributed by atoms with Gasteiger partial charge in [-0.1, -0.05) is 6.07 Å². The van der Waals surface area contributed by atoms with E-state index in [0.29, 0.717) is 29.9 Å².